The fraction of sp³-hybridized carbons (Fsp3) is 0. The molecule has 3 heteroatoms. The zero-order valence-electron chi connectivity index (χ0n) is 34.4. The molecule has 2 aromatic heterocycles. The van der Waals surface area contributed by atoms with Gasteiger partial charge in [-0.3, -0.25) is 0 Å². The second-order valence-electron chi connectivity index (χ2n) is 16.1. The van der Waals surface area contributed by atoms with Crippen LogP contribution < -0.4 is 4.90 Å². The molecule has 0 atom stereocenters. The molecule has 12 rings (SSSR count). The van der Waals surface area contributed by atoms with Crippen molar-refractivity contribution in [1.29, 1.82) is 0 Å². The summed E-state index contributed by atoms with van der Waals surface area (Å²) in [5.74, 6) is 0. The van der Waals surface area contributed by atoms with Crippen LogP contribution in [0.25, 0.3) is 92.2 Å². The van der Waals surface area contributed by atoms with Crippen molar-refractivity contribution in [3.8, 4) is 50.2 Å². The summed E-state index contributed by atoms with van der Waals surface area (Å²) in [6, 6.07) is 88.4. The second-order valence-corrected chi connectivity index (χ2v) is 17.2. The van der Waals surface area contributed by atoms with Crippen molar-refractivity contribution in [2.45, 2.75) is 0 Å². The molecule has 0 N–H and O–H groups in total. The molecule has 0 spiro atoms. The van der Waals surface area contributed by atoms with Crippen molar-refractivity contribution < 1.29 is 0 Å². The van der Waals surface area contributed by atoms with Gasteiger partial charge in [0.25, 0.3) is 0 Å². The van der Waals surface area contributed by atoms with Crippen LogP contribution in [0.5, 0.6) is 0 Å². The minimum absolute atomic E-state index is 1.09. The summed E-state index contributed by atoms with van der Waals surface area (Å²) in [4.78, 5) is 2.40. The van der Waals surface area contributed by atoms with E-state index >= 15 is 0 Å². The second kappa shape index (κ2) is 15.5. The Balaban J connectivity index is 0.986. The highest BCUT2D eigenvalue weighted by atomic mass is 32.1. The Labute approximate surface area is 370 Å². The average Bonchev–Trinajstić information content (AvgIpc) is 3.90. The molecule has 0 radical (unpaired) electrons. The zero-order chi connectivity index (χ0) is 41.7. The summed E-state index contributed by atoms with van der Waals surface area (Å²) in [6.45, 7) is 0. The fourth-order valence-corrected chi connectivity index (χ4v) is 10.6. The standard InChI is InChI=1S/C60H40N2S/c1-3-17-41(18-4-1)42-19-15-20-43(37-42)44-21-16-24-47(38-44)61(46-22-5-2-6-23-46)56-30-12-9-27-51(56)50-26-8-7-25-49(50)45-33-35-58-54(39-45)52-28-10-13-31-57(52)62(58)48-34-36-60-55(40-48)53-29-11-14-32-59(53)63-60/h1-40H. The highest BCUT2D eigenvalue weighted by Crippen LogP contribution is 2.45. The molecular formula is C60H40N2S. The summed E-state index contributed by atoms with van der Waals surface area (Å²) in [5, 5.41) is 5.09. The molecule has 0 unspecified atom stereocenters. The lowest BCUT2D eigenvalue weighted by Crippen LogP contribution is -2.11. The molecule has 10 aromatic carbocycles. The monoisotopic (exact) mass is 820 g/mol. The Morgan fingerprint density at radius 1 is 0.302 bits per heavy atom. The van der Waals surface area contributed by atoms with Crippen molar-refractivity contribution in [1.82, 2.24) is 4.57 Å². The lowest BCUT2D eigenvalue weighted by Gasteiger charge is -2.29. The first-order valence-electron chi connectivity index (χ1n) is 21.5. The van der Waals surface area contributed by atoms with Crippen LogP contribution in [-0.4, -0.2) is 4.57 Å². The molecular weight excluding hydrogens is 781 g/mol. The summed E-state index contributed by atoms with van der Waals surface area (Å²) >= 11 is 1.86. The molecule has 2 nitrogen and oxygen atoms in total. The SMILES string of the molecule is c1ccc(-c2cccc(-c3cccc(N(c4ccccc4)c4ccccc4-c4ccccc4-c4ccc5c(c4)c4ccccc4n5-c4ccc5sc6ccccc6c5c4)c3)c2)cc1. The quantitative estimate of drug-likeness (QED) is 0.148. The van der Waals surface area contributed by atoms with Gasteiger partial charge in [0.1, 0.15) is 0 Å². The Bertz CT molecular complexity index is 3640. The number of thiophene rings is 1. The number of rotatable bonds is 8. The van der Waals surface area contributed by atoms with Gasteiger partial charge in [-0.05, 0) is 118 Å². The average molecular weight is 821 g/mol. The number of anilines is 3. The van der Waals surface area contributed by atoms with Crippen LogP contribution in [0.3, 0.4) is 0 Å². The van der Waals surface area contributed by atoms with Gasteiger partial charge in [0.05, 0.1) is 16.7 Å². The van der Waals surface area contributed by atoms with Gasteiger partial charge in [-0.15, -0.1) is 11.3 Å². The maximum Gasteiger partial charge on any atom is 0.0541 e. The third-order valence-electron chi connectivity index (χ3n) is 12.4. The van der Waals surface area contributed by atoms with E-state index < -0.39 is 0 Å². The van der Waals surface area contributed by atoms with Crippen molar-refractivity contribution >= 4 is 70.4 Å². The Hall–Kier alpha value is -7.98. The van der Waals surface area contributed by atoms with Gasteiger partial charge in [0.2, 0.25) is 0 Å². The van der Waals surface area contributed by atoms with E-state index in [0.717, 1.165) is 22.6 Å². The van der Waals surface area contributed by atoms with Crippen LogP contribution in [-0.2, 0) is 0 Å². The third kappa shape index (κ3) is 6.50. The van der Waals surface area contributed by atoms with E-state index in [9.17, 15) is 0 Å². The molecule has 63 heavy (non-hydrogen) atoms. The van der Waals surface area contributed by atoms with E-state index in [-0.39, 0.29) is 0 Å². The van der Waals surface area contributed by atoms with E-state index in [1.54, 1.807) is 0 Å². The van der Waals surface area contributed by atoms with Gasteiger partial charge in [-0.1, -0.05) is 164 Å². The van der Waals surface area contributed by atoms with Crippen LogP contribution in [0.4, 0.5) is 17.1 Å². The molecule has 0 saturated carbocycles. The van der Waals surface area contributed by atoms with E-state index in [0.29, 0.717) is 0 Å². The topological polar surface area (TPSA) is 8.17 Å². The molecule has 0 saturated heterocycles. The van der Waals surface area contributed by atoms with Gasteiger partial charge >= 0.3 is 0 Å². The van der Waals surface area contributed by atoms with Crippen molar-refractivity contribution in [2.24, 2.45) is 0 Å². The molecule has 0 aliphatic heterocycles. The highest BCUT2D eigenvalue weighted by Gasteiger charge is 2.21. The maximum absolute atomic E-state index is 2.44. The summed E-state index contributed by atoms with van der Waals surface area (Å²) in [6.07, 6.45) is 0. The molecule has 0 aliphatic carbocycles. The largest absolute Gasteiger partial charge is 0.310 e. The summed E-state index contributed by atoms with van der Waals surface area (Å²) in [5.41, 5.74) is 16.4. The lowest BCUT2D eigenvalue weighted by molar-refractivity contribution is 1.19. The Morgan fingerprint density at radius 2 is 0.889 bits per heavy atom. The lowest BCUT2D eigenvalue weighted by atomic mass is 9.92. The highest BCUT2D eigenvalue weighted by molar-refractivity contribution is 7.25. The van der Waals surface area contributed by atoms with E-state index in [1.165, 1.54) is 86.6 Å². The minimum atomic E-state index is 1.09. The first-order chi connectivity index (χ1) is 31.2. The van der Waals surface area contributed by atoms with E-state index in [2.05, 4.69) is 252 Å². The molecule has 0 amide bonds. The normalized spacial score (nSPS) is 11.5. The predicted octanol–water partition coefficient (Wildman–Crippen LogP) is 17.3. The molecule has 0 fully saturated rings. The smallest absolute Gasteiger partial charge is 0.0541 e. The van der Waals surface area contributed by atoms with Gasteiger partial charge in [0, 0.05) is 53.6 Å². The van der Waals surface area contributed by atoms with Gasteiger partial charge in [-0.2, -0.15) is 0 Å². The van der Waals surface area contributed by atoms with Crippen molar-refractivity contribution in [3.05, 3.63) is 243 Å². The van der Waals surface area contributed by atoms with Crippen LogP contribution >= 0.6 is 11.3 Å². The summed E-state index contributed by atoms with van der Waals surface area (Å²) < 4.78 is 5.07. The zero-order valence-corrected chi connectivity index (χ0v) is 35.2. The third-order valence-corrected chi connectivity index (χ3v) is 13.5. The molecule has 296 valence electrons. The molecule has 0 aliphatic rings. The summed E-state index contributed by atoms with van der Waals surface area (Å²) in [7, 11) is 0. The van der Waals surface area contributed by atoms with Gasteiger partial charge in [0.15, 0.2) is 0 Å². The van der Waals surface area contributed by atoms with Gasteiger partial charge < -0.3 is 9.47 Å². The maximum atomic E-state index is 2.44. The minimum Gasteiger partial charge on any atom is -0.310 e. The van der Waals surface area contributed by atoms with E-state index in [4.69, 9.17) is 0 Å². The van der Waals surface area contributed by atoms with Crippen LogP contribution in [0.1, 0.15) is 0 Å². The number of para-hydroxylation sites is 3. The Morgan fingerprint density at radius 3 is 1.73 bits per heavy atom. The number of hydrogen-bond acceptors (Lipinski definition) is 2. The van der Waals surface area contributed by atoms with Crippen molar-refractivity contribution in [3.63, 3.8) is 0 Å². The number of fused-ring (bicyclic) bond motifs is 6. The van der Waals surface area contributed by atoms with Crippen LogP contribution in [0.2, 0.25) is 0 Å². The molecule has 12 aromatic rings. The number of aromatic nitrogens is 1. The first kappa shape index (κ1) is 36.8. The number of hydrogen-bond donors (Lipinski definition) is 0. The van der Waals surface area contributed by atoms with Crippen LogP contribution in [0, 0.1) is 0 Å². The van der Waals surface area contributed by atoms with Crippen molar-refractivity contribution in [2.75, 3.05) is 4.90 Å². The predicted molar refractivity (Wildman–Crippen MR) is 270 cm³/mol. The first-order valence-corrected chi connectivity index (χ1v) is 22.3. The molecule has 0 bridgehead atoms. The number of nitrogens with zero attached hydrogens (tertiary/aromatic N) is 2. The number of benzene rings is 10. The fourth-order valence-electron chi connectivity index (χ4n) is 9.48. The van der Waals surface area contributed by atoms with E-state index in [1.807, 2.05) is 11.3 Å². The Kier molecular flexibility index (Phi) is 9.06. The molecule has 2 heterocycles. The van der Waals surface area contributed by atoms with Crippen LogP contribution in [0.15, 0.2) is 243 Å². The van der Waals surface area contributed by atoms with Gasteiger partial charge in [-0.25, -0.2) is 0 Å².